The molecular weight excluding hydrogens is 230 g/mol. The molecule has 2 heterocycles. The van der Waals surface area contributed by atoms with Gasteiger partial charge in [-0.3, -0.25) is 4.79 Å². The Hall–Kier alpha value is -1.55. The van der Waals surface area contributed by atoms with Gasteiger partial charge in [0.25, 0.3) is 0 Å². The van der Waals surface area contributed by atoms with Gasteiger partial charge in [0.2, 0.25) is 0 Å². The van der Waals surface area contributed by atoms with Gasteiger partial charge < -0.3 is 15.5 Å². The number of benzene rings is 1. The van der Waals surface area contributed by atoms with Gasteiger partial charge in [-0.25, -0.2) is 0 Å². The van der Waals surface area contributed by atoms with E-state index in [9.17, 15) is 15.0 Å². The van der Waals surface area contributed by atoms with Crippen LogP contribution in [0.15, 0.2) is 24.3 Å². The summed E-state index contributed by atoms with van der Waals surface area (Å²) in [6.45, 7) is 0. The highest BCUT2D eigenvalue weighted by atomic mass is 16.4. The van der Waals surface area contributed by atoms with Crippen LogP contribution >= 0.6 is 0 Å². The monoisotopic (exact) mass is 247 g/mol. The first-order valence-corrected chi connectivity index (χ1v) is 6.43. The molecule has 2 saturated heterocycles. The zero-order chi connectivity index (χ0) is 12.7. The lowest BCUT2D eigenvalue weighted by Gasteiger charge is -2.35. The van der Waals surface area contributed by atoms with Crippen molar-refractivity contribution in [2.24, 2.45) is 5.92 Å². The molecule has 2 aliphatic rings. The fourth-order valence-electron chi connectivity index (χ4n) is 3.50. The first-order valence-electron chi connectivity index (χ1n) is 6.43. The van der Waals surface area contributed by atoms with Crippen molar-refractivity contribution in [2.45, 2.75) is 37.3 Å². The maximum Gasteiger partial charge on any atom is 0.307 e. The summed E-state index contributed by atoms with van der Waals surface area (Å²) in [6.07, 6.45) is 2.77. The molecule has 4 heteroatoms. The van der Waals surface area contributed by atoms with Crippen molar-refractivity contribution in [1.29, 1.82) is 0 Å². The van der Waals surface area contributed by atoms with E-state index in [0.717, 1.165) is 18.4 Å². The van der Waals surface area contributed by atoms with Crippen molar-refractivity contribution in [1.82, 2.24) is 5.32 Å². The number of carboxylic acid groups (broad SMARTS) is 1. The van der Waals surface area contributed by atoms with Crippen LogP contribution in [-0.2, 0) is 4.79 Å². The number of piperidine rings is 1. The van der Waals surface area contributed by atoms with E-state index in [2.05, 4.69) is 5.32 Å². The maximum atomic E-state index is 11.5. The van der Waals surface area contributed by atoms with E-state index in [1.165, 1.54) is 0 Å². The third-order valence-electron chi connectivity index (χ3n) is 4.25. The summed E-state index contributed by atoms with van der Waals surface area (Å²) in [5.74, 6) is -0.891. The number of hydrogen-bond donors (Lipinski definition) is 3. The standard InChI is InChI=1S/C14H17NO3/c16-10-3-1-2-8(6-10)13-11(14(17)18)7-9-4-5-12(13)15-9/h1-3,6,9,11-13,15-16H,4-5,7H2,(H,17,18)/t9-,11+,12+,13-/m0/s1. The zero-order valence-corrected chi connectivity index (χ0v) is 10.0. The van der Waals surface area contributed by atoms with Crippen LogP contribution in [0, 0.1) is 5.92 Å². The SMILES string of the molecule is O=C(O)[C@@H]1C[C@@H]2CC[C@@H](N2)[C@H]1c1cccc(O)c1. The Bertz CT molecular complexity index is 474. The van der Waals surface area contributed by atoms with Gasteiger partial charge in [0.1, 0.15) is 5.75 Å². The summed E-state index contributed by atoms with van der Waals surface area (Å²) >= 11 is 0. The molecule has 2 fully saturated rings. The number of hydrogen-bond acceptors (Lipinski definition) is 3. The van der Waals surface area contributed by atoms with E-state index in [1.54, 1.807) is 18.2 Å². The molecule has 0 saturated carbocycles. The number of phenols is 1. The van der Waals surface area contributed by atoms with Gasteiger partial charge in [0.15, 0.2) is 0 Å². The van der Waals surface area contributed by atoms with Gasteiger partial charge in [0.05, 0.1) is 5.92 Å². The molecule has 0 aliphatic carbocycles. The summed E-state index contributed by atoms with van der Waals surface area (Å²) in [5, 5.41) is 22.5. The molecule has 3 rings (SSSR count). The third kappa shape index (κ3) is 1.86. The molecule has 0 spiro atoms. The van der Waals surface area contributed by atoms with E-state index < -0.39 is 5.97 Å². The van der Waals surface area contributed by atoms with Gasteiger partial charge >= 0.3 is 5.97 Å². The Morgan fingerprint density at radius 2 is 2.17 bits per heavy atom. The lowest BCUT2D eigenvalue weighted by atomic mass is 9.77. The maximum absolute atomic E-state index is 11.5. The Labute approximate surface area is 106 Å². The number of aromatic hydroxyl groups is 1. The first kappa shape index (κ1) is 11.5. The summed E-state index contributed by atoms with van der Waals surface area (Å²) in [5.41, 5.74) is 0.931. The van der Waals surface area contributed by atoms with E-state index in [0.29, 0.717) is 12.5 Å². The Balaban J connectivity index is 1.98. The number of phenolic OH excluding ortho intramolecular Hbond substituents is 1. The van der Waals surface area contributed by atoms with Crippen molar-refractivity contribution in [3.63, 3.8) is 0 Å². The molecule has 0 aromatic heterocycles. The molecule has 1 aromatic rings. The fourth-order valence-corrected chi connectivity index (χ4v) is 3.50. The minimum absolute atomic E-state index is 0.0339. The lowest BCUT2D eigenvalue weighted by Crippen LogP contribution is -2.46. The molecule has 2 aliphatic heterocycles. The number of rotatable bonds is 2. The minimum atomic E-state index is -0.721. The van der Waals surface area contributed by atoms with Crippen molar-refractivity contribution < 1.29 is 15.0 Å². The second-order valence-electron chi connectivity index (χ2n) is 5.35. The number of carbonyl (C=O) groups is 1. The Morgan fingerprint density at radius 3 is 2.89 bits per heavy atom. The van der Waals surface area contributed by atoms with Gasteiger partial charge in [-0.2, -0.15) is 0 Å². The fraction of sp³-hybridized carbons (Fsp3) is 0.500. The predicted octanol–water partition coefficient (Wildman–Crippen LogP) is 1.70. The first-order chi connectivity index (χ1) is 8.65. The quantitative estimate of drug-likeness (QED) is 0.744. The van der Waals surface area contributed by atoms with Crippen LogP contribution in [0.25, 0.3) is 0 Å². The largest absolute Gasteiger partial charge is 0.508 e. The molecule has 4 atom stereocenters. The summed E-state index contributed by atoms with van der Waals surface area (Å²) < 4.78 is 0. The molecule has 3 N–H and O–H groups in total. The molecular formula is C14H17NO3. The summed E-state index contributed by atoms with van der Waals surface area (Å²) in [6, 6.07) is 7.59. The van der Waals surface area contributed by atoms with E-state index in [1.807, 2.05) is 6.07 Å². The number of fused-ring (bicyclic) bond motifs is 2. The topological polar surface area (TPSA) is 69.6 Å². The molecule has 18 heavy (non-hydrogen) atoms. The Morgan fingerprint density at radius 1 is 1.33 bits per heavy atom. The molecule has 4 nitrogen and oxygen atoms in total. The number of aliphatic carboxylic acids is 1. The normalized spacial score (nSPS) is 34.4. The number of nitrogens with one attached hydrogen (secondary N) is 1. The van der Waals surface area contributed by atoms with E-state index >= 15 is 0 Å². The minimum Gasteiger partial charge on any atom is -0.508 e. The average Bonchev–Trinajstić information content (AvgIpc) is 2.70. The molecule has 2 bridgehead atoms. The van der Waals surface area contributed by atoms with E-state index in [-0.39, 0.29) is 23.6 Å². The van der Waals surface area contributed by atoms with Crippen LogP contribution in [0.2, 0.25) is 0 Å². The van der Waals surface area contributed by atoms with Crippen molar-refractivity contribution in [2.75, 3.05) is 0 Å². The van der Waals surface area contributed by atoms with Gasteiger partial charge in [0, 0.05) is 18.0 Å². The smallest absolute Gasteiger partial charge is 0.307 e. The molecule has 0 unspecified atom stereocenters. The van der Waals surface area contributed by atoms with Crippen LogP contribution < -0.4 is 5.32 Å². The van der Waals surface area contributed by atoms with E-state index in [4.69, 9.17) is 0 Å². The second-order valence-corrected chi connectivity index (χ2v) is 5.35. The van der Waals surface area contributed by atoms with Crippen molar-refractivity contribution in [3.8, 4) is 5.75 Å². The number of carboxylic acids is 1. The molecule has 0 amide bonds. The van der Waals surface area contributed by atoms with Crippen LogP contribution in [0.4, 0.5) is 0 Å². The second kappa shape index (κ2) is 4.28. The predicted molar refractivity (Wildman–Crippen MR) is 66.5 cm³/mol. The summed E-state index contributed by atoms with van der Waals surface area (Å²) in [7, 11) is 0. The molecule has 1 aromatic carbocycles. The van der Waals surface area contributed by atoms with Gasteiger partial charge in [-0.05, 0) is 37.0 Å². The molecule has 0 radical (unpaired) electrons. The average molecular weight is 247 g/mol. The highest BCUT2D eigenvalue weighted by Gasteiger charge is 2.45. The van der Waals surface area contributed by atoms with Crippen LogP contribution in [0.1, 0.15) is 30.7 Å². The third-order valence-corrected chi connectivity index (χ3v) is 4.25. The lowest BCUT2D eigenvalue weighted by molar-refractivity contribution is -0.143. The summed E-state index contributed by atoms with van der Waals surface area (Å²) in [4.78, 5) is 11.5. The molecule has 96 valence electrons. The van der Waals surface area contributed by atoms with Crippen LogP contribution in [0.5, 0.6) is 5.75 Å². The Kier molecular flexibility index (Phi) is 2.74. The van der Waals surface area contributed by atoms with Crippen molar-refractivity contribution >= 4 is 5.97 Å². The van der Waals surface area contributed by atoms with Crippen molar-refractivity contribution in [3.05, 3.63) is 29.8 Å². The van der Waals surface area contributed by atoms with Gasteiger partial charge in [-0.15, -0.1) is 0 Å². The van der Waals surface area contributed by atoms with Crippen LogP contribution in [-0.4, -0.2) is 28.3 Å². The zero-order valence-electron chi connectivity index (χ0n) is 10.0. The highest BCUT2D eigenvalue weighted by molar-refractivity contribution is 5.72. The van der Waals surface area contributed by atoms with Gasteiger partial charge in [-0.1, -0.05) is 12.1 Å². The van der Waals surface area contributed by atoms with Crippen LogP contribution in [0.3, 0.4) is 0 Å². The highest BCUT2D eigenvalue weighted by Crippen LogP contribution is 2.42.